The second-order valence-corrected chi connectivity index (χ2v) is 4.09. The van der Waals surface area contributed by atoms with Gasteiger partial charge in [-0.05, 0) is 36.7 Å². The number of benzene rings is 1. The molecule has 0 fully saturated rings. The minimum absolute atomic E-state index is 0.0968. The molecule has 0 aliphatic heterocycles. The number of primary amides is 1. The van der Waals surface area contributed by atoms with Crippen LogP contribution in [0, 0.1) is 5.82 Å². The van der Waals surface area contributed by atoms with Gasteiger partial charge in [0.15, 0.2) is 0 Å². The van der Waals surface area contributed by atoms with Crippen molar-refractivity contribution in [1.82, 2.24) is 5.32 Å². The zero-order valence-electron chi connectivity index (χ0n) is 10.1. The molecule has 0 unspecified atom stereocenters. The van der Waals surface area contributed by atoms with Crippen LogP contribution in [-0.4, -0.2) is 12.5 Å². The van der Waals surface area contributed by atoms with E-state index in [1.54, 1.807) is 0 Å². The van der Waals surface area contributed by atoms with Crippen LogP contribution < -0.4 is 11.1 Å². The van der Waals surface area contributed by atoms with E-state index in [9.17, 15) is 22.4 Å². The predicted molar refractivity (Wildman–Crippen MR) is 61.5 cm³/mol. The Morgan fingerprint density at radius 1 is 1.26 bits per heavy atom. The summed E-state index contributed by atoms with van der Waals surface area (Å²) in [7, 11) is 0. The number of hydrogen-bond donors (Lipinski definition) is 2. The molecular formula is C12H14F4N2O. The van der Waals surface area contributed by atoms with Gasteiger partial charge in [0, 0.05) is 13.0 Å². The van der Waals surface area contributed by atoms with E-state index in [1.807, 2.05) is 0 Å². The molecule has 106 valence electrons. The first-order chi connectivity index (χ1) is 8.79. The van der Waals surface area contributed by atoms with Crippen LogP contribution in [0.1, 0.15) is 24.0 Å². The quantitative estimate of drug-likeness (QED) is 0.619. The van der Waals surface area contributed by atoms with Crippen LogP contribution in [0.4, 0.5) is 17.6 Å². The Morgan fingerprint density at radius 2 is 1.95 bits per heavy atom. The summed E-state index contributed by atoms with van der Waals surface area (Å²) >= 11 is 0. The number of halogens is 4. The fraction of sp³-hybridized carbons (Fsp3) is 0.417. The molecule has 3 N–H and O–H groups in total. The van der Waals surface area contributed by atoms with Gasteiger partial charge in [-0.3, -0.25) is 4.79 Å². The highest BCUT2D eigenvalue weighted by Crippen LogP contribution is 2.30. The van der Waals surface area contributed by atoms with Crippen LogP contribution in [-0.2, 0) is 17.5 Å². The van der Waals surface area contributed by atoms with Crippen LogP contribution >= 0.6 is 0 Å². The van der Waals surface area contributed by atoms with Crippen molar-refractivity contribution >= 4 is 5.91 Å². The van der Waals surface area contributed by atoms with E-state index < -0.39 is 23.5 Å². The molecule has 1 rings (SSSR count). The lowest BCUT2D eigenvalue weighted by Crippen LogP contribution is -2.18. The summed E-state index contributed by atoms with van der Waals surface area (Å²) in [5.41, 5.74) is 4.12. The SMILES string of the molecule is NC(=O)CCCNCc1cc(F)cc(C(F)(F)F)c1. The van der Waals surface area contributed by atoms with E-state index in [1.165, 1.54) is 0 Å². The summed E-state index contributed by atoms with van der Waals surface area (Å²) in [5, 5.41) is 2.82. The van der Waals surface area contributed by atoms with Crippen LogP contribution in [0.25, 0.3) is 0 Å². The summed E-state index contributed by atoms with van der Waals surface area (Å²) in [5.74, 6) is -1.37. The minimum atomic E-state index is -4.57. The van der Waals surface area contributed by atoms with Crippen molar-refractivity contribution in [3.63, 3.8) is 0 Å². The molecule has 3 nitrogen and oxygen atoms in total. The molecule has 1 aromatic carbocycles. The third-order valence-electron chi connectivity index (χ3n) is 2.39. The number of carbonyl (C=O) groups is 1. The Balaban J connectivity index is 2.54. The molecule has 1 aromatic rings. The first-order valence-corrected chi connectivity index (χ1v) is 5.64. The molecule has 7 heteroatoms. The van der Waals surface area contributed by atoms with Gasteiger partial charge in [0.2, 0.25) is 5.91 Å². The summed E-state index contributed by atoms with van der Waals surface area (Å²) < 4.78 is 50.4. The highest BCUT2D eigenvalue weighted by atomic mass is 19.4. The Labute approximate surface area is 107 Å². The molecule has 1 amide bonds. The van der Waals surface area contributed by atoms with Crippen LogP contribution in [0.3, 0.4) is 0 Å². The molecule has 0 radical (unpaired) electrons. The van der Waals surface area contributed by atoms with E-state index in [0.29, 0.717) is 19.0 Å². The summed E-state index contributed by atoms with van der Waals surface area (Å²) in [4.78, 5) is 10.5. The summed E-state index contributed by atoms with van der Waals surface area (Å²) in [6.07, 6.45) is -3.89. The Hall–Kier alpha value is -1.63. The highest BCUT2D eigenvalue weighted by molar-refractivity contribution is 5.73. The number of nitrogens with one attached hydrogen (secondary N) is 1. The molecule has 0 spiro atoms. The minimum Gasteiger partial charge on any atom is -0.370 e. The fourth-order valence-corrected chi connectivity index (χ4v) is 1.54. The van der Waals surface area contributed by atoms with E-state index in [4.69, 9.17) is 5.73 Å². The lowest BCUT2D eigenvalue weighted by Gasteiger charge is -2.10. The van der Waals surface area contributed by atoms with Crippen molar-refractivity contribution in [2.75, 3.05) is 6.54 Å². The molecule has 0 saturated carbocycles. The molecule has 0 heterocycles. The van der Waals surface area contributed by atoms with Gasteiger partial charge in [-0.15, -0.1) is 0 Å². The van der Waals surface area contributed by atoms with E-state index in [0.717, 1.165) is 12.1 Å². The summed E-state index contributed by atoms with van der Waals surface area (Å²) in [6, 6.07) is 2.39. The summed E-state index contributed by atoms with van der Waals surface area (Å²) in [6.45, 7) is 0.514. The van der Waals surface area contributed by atoms with Crippen LogP contribution in [0.2, 0.25) is 0 Å². The van der Waals surface area contributed by atoms with Gasteiger partial charge in [-0.1, -0.05) is 0 Å². The van der Waals surface area contributed by atoms with Gasteiger partial charge in [0.1, 0.15) is 5.82 Å². The molecule has 0 atom stereocenters. The normalized spacial score (nSPS) is 11.6. The number of rotatable bonds is 6. The largest absolute Gasteiger partial charge is 0.416 e. The topological polar surface area (TPSA) is 55.1 Å². The van der Waals surface area contributed by atoms with Gasteiger partial charge < -0.3 is 11.1 Å². The number of amides is 1. The zero-order valence-corrected chi connectivity index (χ0v) is 10.1. The average molecular weight is 278 g/mol. The maximum atomic E-state index is 13.1. The van der Waals surface area contributed by atoms with Gasteiger partial charge in [0.05, 0.1) is 5.56 Å². The maximum absolute atomic E-state index is 13.1. The van der Waals surface area contributed by atoms with Crippen molar-refractivity contribution in [2.45, 2.75) is 25.6 Å². The van der Waals surface area contributed by atoms with E-state index in [-0.39, 0.29) is 18.5 Å². The molecule has 0 bridgehead atoms. The van der Waals surface area contributed by atoms with Gasteiger partial charge >= 0.3 is 6.18 Å². The van der Waals surface area contributed by atoms with Crippen LogP contribution in [0.15, 0.2) is 18.2 Å². The van der Waals surface area contributed by atoms with Crippen LogP contribution in [0.5, 0.6) is 0 Å². The Kier molecular flexibility index (Phi) is 5.29. The van der Waals surface area contributed by atoms with E-state index in [2.05, 4.69) is 5.32 Å². The van der Waals surface area contributed by atoms with Crippen molar-refractivity contribution in [3.8, 4) is 0 Å². The standard InChI is InChI=1S/C12H14F4N2O/c13-10-5-8(4-9(6-10)12(14,15)16)7-18-3-1-2-11(17)19/h4-6,18H,1-3,7H2,(H2,17,19). The third kappa shape index (κ3) is 5.69. The van der Waals surface area contributed by atoms with Gasteiger partial charge in [0.25, 0.3) is 0 Å². The number of alkyl halides is 3. The molecule has 0 aromatic heterocycles. The third-order valence-corrected chi connectivity index (χ3v) is 2.39. The van der Waals surface area contributed by atoms with Crippen molar-refractivity contribution < 1.29 is 22.4 Å². The lowest BCUT2D eigenvalue weighted by molar-refractivity contribution is -0.137. The molecular weight excluding hydrogens is 264 g/mol. The van der Waals surface area contributed by atoms with E-state index >= 15 is 0 Å². The molecule has 19 heavy (non-hydrogen) atoms. The lowest BCUT2D eigenvalue weighted by atomic mass is 10.1. The molecule has 0 aliphatic rings. The molecule has 0 aliphatic carbocycles. The fourth-order valence-electron chi connectivity index (χ4n) is 1.54. The predicted octanol–water partition coefficient (Wildman–Crippen LogP) is 2.20. The number of nitrogens with two attached hydrogens (primary N) is 1. The first-order valence-electron chi connectivity index (χ1n) is 5.64. The van der Waals surface area contributed by atoms with Crippen molar-refractivity contribution in [3.05, 3.63) is 35.1 Å². The number of carbonyl (C=O) groups excluding carboxylic acids is 1. The van der Waals surface area contributed by atoms with Gasteiger partial charge in [-0.25, -0.2) is 4.39 Å². The monoisotopic (exact) mass is 278 g/mol. The van der Waals surface area contributed by atoms with Crippen molar-refractivity contribution in [1.29, 1.82) is 0 Å². The average Bonchev–Trinajstić information content (AvgIpc) is 2.26. The maximum Gasteiger partial charge on any atom is 0.416 e. The smallest absolute Gasteiger partial charge is 0.370 e. The number of hydrogen-bond acceptors (Lipinski definition) is 2. The van der Waals surface area contributed by atoms with Gasteiger partial charge in [-0.2, -0.15) is 13.2 Å². The first kappa shape index (κ1) is 15.4. The highest BCUT2D eigenvalue weighted by Gasteiger charge is 2.31. The zero-order chi connectivity index (χ0) is 14.5. The second-order valence-electron chi connectivity index (χ2n) is 4.09. The Bertz CT molecular complexity index is 446. The van der Waals surface area contributed by atoms with Crippen molar-refractivity contribution in [2.24, 2.45) is 5.73 Å². The second kappa shape index (κ2) is 6.51. The Morgan fingerprint density at radius 3 is 2.53 bits per heavy atom. The molecule has 0 saturated heterocycles.